The average molecular weight is 285 g/mol. The maximum Gasteiger partial charge on any atom is 0.226 e. The summed E-state index contributed by atoms with van der Waals surface area (Å²) in [7, 11) is -5.39. The zero-order chi connectivity index (χ0) is 11.4. The molecule has 0 spiro atoms. The maximum atomic E-state index is 8.55. The van der Waals surface area contributed by atoms with E-state index in [2.05, 4.69) is 15.0 Å². The Morgan fingerprint density at radius 2 is 1.00 bits per heavy atom. The molecule has 10 nitrogen and oxygen atoms in total. The summed E-state index contributed by atoms with van der Waals surface area (Å²) in [4.78, 5) is 36.1. The van der Waals surface area contributed by atoms with Crippen LogP contribution < -0.4 is 31.9 Å². The number of hydrogen-bond acceptors (Lipinski definition) is 10. The fourth-order valence-corrected chi connectivity index (χ4v) is 0.427. The normalized spacial score (nSPS) is 9.53. The zero-order valence-electron chi connectivity index (χ0n) is 6.96. The maximum absolute atomic E-state index is 8.55. The molecule has 0 unspecified atom stereocenters. The molecule has 1 radical (unpaired) electrons. The van der Waals surface area contributed by atoms with Gasteiger partial charge < -0.3 is 36.4 Å². The summed E-state index contributed by atoms with van der Waals surface area (Å²) in [5.41, 5.74) is 15.4. The van der Waals surface area contributed by atoms with E-state index in [0.717, 1.165) is 0 Å². The summed E-state index contributed by atoms with van der Waals surface area (Å²) in [5.74, 6) is 0.125. The number of phosphoric acid groups is 1. The van der Waals surface area contributed by atoms with Crippen LogP contribution in [0.2, 0.25) is 0 Å². The first-order valence-corrected chi connectivity index (χ1v) is 4.40. The van der Waals surface area contributed by atoms with Gasteiger partial charge in [-0.1, -0.05) is 0 Å². The second kappa shape index (κ2) is 6.51. The van der Waals surface area contributed by atoms with Crippen molar-refractivity contribution in [3.8, 4) is 0 Å². The first kappa shape index (κ1) is 16.5. The number of rotatable bonds is 0. The third kappa shape index (κ3) is 13.0. The van der Waals surface area contributed by atoms with Crippen molar-refractivity contribution in [2.45, 2.75) is 0 Å². The summed E-state index contributed by atoms with van der Waals surface area (Å²) in [5, 5.41) is 0. The van der Waals surface area contributed by atoms with Crippen LogP contribution >= 0.6 is 7.82 Å². The molecule has 0 aliphatic heterocycles. The van der Waals surface area contributed by atoms with E-state index in [1.807, 2.05) is 0 Å². The standard InChI is InChI=1S/C3H6N6.Cu.H3O4P/c4-1-7-2(5)9-3(6)8-1;;1-5(2,3)4/h(H6,4,5,6,7,8,9);;(H3,1,2,3,4)/p-3. The average Bonchev–Trinajstić information content (AvgIpc) is 1.77. The first-order valence-electron chi connectivity index (χ1n) is 2.94. The number of nitrogens with zero attached hydrogens (tertiary/aromatic N) is 3. The van der Waals surface area contributed by atoms with Crippen LogP contribution in [0.15, 0.2) is 0 Å². The number of aromatic nitrogens is 3. The molecule has 0 bridgehead atoms. The molecule has 0 aromatic carbocycles. The van der Waals surface area contributed by atoms with Gasteiger partial charge in [-0.15, -0.1) is 0 Å². The van der Waals surface area contributed by atoms with Crippen LogP contribution in [0.4, 0.5) is 17.8 Å². The third-order valence-corrected chi connectivity index (χ3v) is 0.687. The van der Waals surface area contributed by atoms with Crippen LogP contribution in [0.3, 0.4) is 0 Å². The van der Waals surface area contributed by atoms with Crippen molar-refractivity contribution >= 4 is 25.7 Å². The van der Waals surface area contributed by atoms with E-state index in [1.54, 1.807) is 0 Å². The SMILES string of the molecule is Nc1nc(N)nc(N)n1.O=P([O-])([O-])[O-].[Cu]. The van der Waals surface area contributed by atoms with Crippen molar-refractivity contribution in [2.75, 3.05) is 17.2 Å². The van der Waals surface area contributed by atoms with Gasteiger partial charge >= 0.3 is 0 Å². The minimum Gasteiger partial charge on any atom is -0.822 e. The van der Waals surface area contributed by atoms with Crippen molar-refractivity contribution in [3.63, 3.8) is 0 Å². The second-order valence-corrected chi connectivity index (χ2v) is 2.75. The van der Waals surface area contributed by atoms with Crippen molar-refractivity contribution < 1.29 is 36.3 Å². The monoisotopic (exact) mass is 284 g/mol. The molecule has 0 saturated carbocycles. The van der Waals surface area contributed by atoms with E-state index < -0.39 is 7.82 Å². The molecule has 91 valence electrons. The van der Waals surface area contributed by atoms with Crippen molar-refractivity contribution in [1.82, 2.24) is 15.0 Å². The summed E-state index contributed by atoms with van der Waals surface area (Å²) < 4.78 is 8.55. The molecule has 0 atom stereocenters. The molecular formula is C3H6CuN6O4P-3. The molecule has 15 heavy (non-hydrogen) atoms. The van der Waals surface area contributed by atoms with Gasteiger partial charge in [0.1, 0.15) is 0 Å². The Morgan fingerprint density at radius 3 is 1.13 bits per heavy atom. The van der Waals surface area contributed by atoms with Crippen LogP contribution in [0.1, 0.15) is 0 Å². The van der Waals surface area contributed by atoms with Crippen molar-refractivity contribution in [3.05, 3.63) is 0 Å². The predicted molar refractivity (Wildman–Crippen MR) is 40.7 cm³/mol. The topological polar surface area (TPSA) is 203 Å². The smallest absolute Gasteiger partial charge is 0.226 e. The van der Waals surface area contributed by atoms with E-state index in [4.69, 9.17) is 36.4 Å². The molecule has 1 aromatic rings. The van der Waals surface area contributed by atoms with Crippen LogP contribution in [-0.2, 0) is 21.6 Å². The molecule has 6 N–H and O–H groups in total. The van der Waals surface area contributed by atoms with Gasteiger partial charge in [0.25, 0.3) is 0 Å². The van der Waals surface area contributed by atoms with Gasteiger partial charge in [-0.25, -0.2) is 0 Å². The van der Waals surface area contributed by atoms with Crippen LogP contribution in [0, 0.1) is 0 Å². The van der Waals surface area contributed by atoms with Gasteiger partial charge in [0.15, 0.2) is 0 Å². The molecular weight excluding hydrogens is 279 g/mol. The van der Waals surface area contributed by atoms with E-state index in [0.29, 0.717) is 0 Å². The molecule has 0 saturated heterocycles. The van der Waals surface area contributed by atoms with Crippen LogP contribution in [-0.4, -0.2) is 15.0 Å². The van der Waals surface area contributed by atoms with Gasteiger partial charge in [-0.2, -0.15) is 22.8 Å². The molecule has 0 fully saturated rings. The van der Waals surface area contributed by atoms with Gasteiger partial charge in [0.05, 0.1) is 0 Å². The number of anilines is 3. The number of hydrogen-bond donors (Lipinski definition) is 3. The van der Waals surface area contributed by atoms with Gasteiger partial charge in [-0.3, -0.25) is 0 Å². The summed E-state index contributed by atoms with van der Waals surface area (Å²) in [6, 6.07) is 0. The molecule has 12 heteroatoms. The third-order valence-electron chi connectivity index (χ3n) is 0.687. The van der Waals surface area contributed by atoms with E-state index in [9.17, 15) is 0 Å². The Bertz CT molecular complexity index is 297. The molecule has 0 aliphatic carbocycles. The number of nitrogens with two attached hydrogens (primary N) is 3. The molecule has 0 amide bonds. The van der Waals surface area contributed by atoms with Crippen molar-refractivity contribution in [1.29, 1.82) is 0 Å². The van der Waals surface area contributed by atoms with Crippen molar-refractivity contribution in [2.24, 2.45) is 0 Å². The second-order valence-electron chi connectivity index (χ2n) is 1.86. The van der Waals surface area contributed by atoms with E-state index in [-0.39, 0.29) is 34.9 Å². The van der Waals surface area contributed by atoms with Gasteiger partial charge in [-0.05, 0) is 0 Å². The molecule has 1 aromatic heterocycles. The Morgan fingerprint density at radius 1 is 0.867 bits per heavy atom. The minimum atomic E-state index is -5.39. The fourth-order valence-electron chi connectivity index (χ4n) is 0.427. The largest absolute Gasteiger partial charge is 0.822 e. The van der Waals surface area contributed by atoms with E-state index >= 15 is 0 Å². The van der Waals surface area contributed by atoms with E-state index in [1.165, 1.54) is 0 Å². The van der Waals surface area contributed by atoms with Crippen LogP contribution in [0.25, 0.3) is 0 Å². The summed E-state index contributed by atoms with van der Waals surface area (Å²) in [6.45, 7) is 0. The molecule has 1 heterocycles. The predicted octanol–water partition coefficient (Wildman–Crippen LogP) is -4.21. The Kier molecular flexibility index (Phi) is 7.15. The van der Waals surface area contributed by atoms with Gasteiger partial charge in [0.2, 0.25) is 17.8 Å². The molecule has 1 rings (SSSR count). The Labute approximate surface area is 94.6 Å². The minimum absolute atomic E-state index is 0. The number of nitrogen functional groups attached to an aromatic ring is 3. The van der Waals surface area contributed by atoms with Gasteiger partial charge in [0, 0.05) is 17.1 Å². The summed E-state index contributed by atoms with van der Waals surface area (Å²) in [6.07, 6.45) is 0. The Hall–Kier alpha value is -0.961. The van der Waals surface area contributed by atoms with Crippen LogP contribution in [0.5, 0.6) is 0 Å². The fraction of sp³-hybridized carbons (Fsp3) is 0. The summed E-state index contributed by atoms with van der Waals surface area (Å²) >= 11 is 0. The molecule has 0 aliphatic rings. The Balaban J connectivity index is 0. The first-order chi connectivity index (χ1) is 6.18. The zero-order valence-corrected chi connectivity index (χ0v) is 8.79. The quantitative estimate of drug-likeness (QED) is 0.309.